The number of hydrogen-bond donors (Lipinski definition) is 0. The zero-order chi connectivity index (χ0) is 4.00. The van der Waals surface area contributed by atoms with Gasteiger partial charge in [-0.3, -0.25) is 0 Å². The highest BCUT2D eigenvalue weighted by Gasteiger charge is 0.932. The Hall–Kier alpha value is 0.0200. The van der Waals surface area contributed by atoms with Gasteiger partial charge in [0.05, 0.1) is 0 Å². The molecule has 0 aromatic rings. The molecule has 0 aromatic carbocycles. The van der Waals surface area contributed by atoms with Gasteiger partial charge in [-0.25, -0.2) is 0 Å². The van der Waals surface area contributed by atoms with Gasteiger partial charge in [-0.2, -0.15) is 4.21 Å². The monoisotopic (exact) mass is 78.0 g/mol. The second-order valence-electron chi connectivity index (χ2n) is 0. The van der Waals surface area contributed by atoms with E-state index in [-0.39, 0.29) is 0 Å². The lowest BCUT2D eigenvalue weighted by Gasteiger charge is -1.07. The van der Waals surface area contributed by atoms with Gasteiger partial charge in [-0.1, -0.05) is 13.8 Å². The summed E-state index contributed by atoms with van der Waals surface area (Å²) in [5.74, 6) is 0. The molecule has 0 radical (unpaired) electrons. The van der Waals surface area contributed by atoms with Gasteiger partial charge in [-0.05, 0) is 0 Å². The largest absolute Gasteiger partial charge is 0.197 e. The van der Waals surface area contributed by atoms with E-state index in [4.69, 9.17) is 4.21 Å². The van der Waals surface area contributed by atoms with E-state index in [1.165, 1.54) is 0 Å². The van der Waals surface area contributed by atoms with Crippen LogP contribution in [0.2, 0.25) is 0 Å². The van der Waals surface area contributed by atoms with E-state index in [1.54, 1.807) is 0 Å². The molecule has 0 fully saturated rings. The highest BCUT2D eigenvalue weighted by atomic mass is 32.1. The quantitative estimate of drug-likeness (QED) is 0.424. The van der Waals surface area contributed by atoms with Crippen LogP contribution in [0.1, 0.15) is 13.8 Å². The van der Waals surface area contributed by atoms with Gasteiger partial charge in [0.1, 0.15) is 0 Å². The molecule has 0 aliphatic heterocycles. The Morgan fingerprint density at radius 3 is 1.25 bits per heavy atom. The van der Waals surface area contributed by atoms with Gasteiger partial charge < -0.3 is 0 Å². The van der Waals surface area contributed by atoms with Crippen LogP contribution < -0.4 is 0 Å². The van der Waals surface area contributed by atoms with Crippen LogP contribution in [0, 0.1) is 0 Å². The minimum Gasteiger partial charge on any atom is -0.197 e. The molecular weight excluding hydrogens is 72.1 g/mol. The van der Waals surface area contributed by atoms with E-state index in [0.29, 0.717) is 0 Å². The average molecular weight is 78.1 g/mol. The Morgan fingerprint density at radius 1 is 1.25 bits per heavy atom. The highest BCUT2D eigenvalue weighted by Crippen LogP contribution is 1.14. The molecule has 1 nitrogen and oxygen atoms in total. The summed E-state index contributed by atoms with van der Waals surface area (Å²) in [5.41, 5.74) is 0. The number of rotatable bonds is 0. The minimum atomic E-state index is 2.00. The molecule has 0 aromatic heterocycles. The molecule has 0 N–H and O–H groups in total. The van der Waals surface area contributed by atoms with Crippen molar-refractivity contribution in [2.24, 2.45) is 0 Å². The first kappa shape index (κ1) is 8.99. The van der Waals surface area contributed by atoms with E-state index < -0.39 is 0 Å². The predicted molar refractivity (Wildman–Crippen MR) is 19.5 cm³/mol. The van der Waals surface area contributed by atoms with Crippen LogP contribution in [0.5, 0.6) is 0 Å². The van der Waals surface area contributed by atoms with Gasteiger partial charge in [0.25, 0.3) is 0 Å². The maximum absolute atomic E-state index is 7.83. The molecule has 0 amide bonds. The molecular formula is C2H6OS. The van der Waals surface area contributed by atoms with E-state index in [1.807, 2.05) is 13.8 Å². The molecule has 0 saturated carbocycles. The minimum absolute atomic E-state index is 2.00. The van der Waals surface area contributed by atoms with E-state index >= 15 is 0 Å². The van der Waals surface area contributed by atoms with Crippen LogP contribution in [-0.2, 0) is 12.5 Å². The third-order valence-corrected chi connectivity index (χ3v) is 0. The van der Waals surface area contributed by atoms with Crippen molar-refractivity contribution in [1.29, 1.82) is 0 Å². The van der Waals surface area contributed by atoms with Gasteiger partial charge in [0.15, 0.2) is 12.5 Å². The molecule has 0 aliphatic rings. The molecule has 0 heterocycles. The molecule has 0 bridgehead atoms. The molecule has 26 valence electrons. The van der Waals surface area contributed by atoms with Crippen molar-refractivity contribution in [2.75, 3.05) is 0 Å². The Labute approximate surface area is 31.5 Å². The molecule has 0 saturated heterocycles. The summed E-state index contributed by atoms with van der Waals surface area (Å²) in [6, 6.07) is 0. The molecule has 0 aliphatic carbocycles. The van der Waals surface area contributed by atoms with Crippen molar-refractivity contribution in [3.8, 4) is 0 Å². The van der Waals surface area contributed by atoms with Gasteiger partial charge >= 0.3 is 0 Å². The van der Waals surface area contributed by atoms with E-state index in [9.17, 15) is 0 Å². The Morgan fingerprint density at radius 2 is 1.25 bits per heavy atom. The summed E-state index contributed by atoms with van der Waals surface area (Å²) >= 11 is 2.83. The number of hydrogen-bond acceptors (Lipinski definition) is 2. The normalized spacial score (nSPS) is 2.50. The summed E-state index contributed by atoms with van der Waals surface area (Å²) in [5, 5.41) is 0. The van der Waals surface area contributed by atoms with Crippen LogP contribution in [0.15, 0.2) is 0 Å². The van der Waals surface area contributed by atoms with Crippen molar-refractivity contribution in [3.63, 3.8) is 0 Å². The van der Waals surface area contributed by atoms with Crippen LogP contribution in [-0.4, -0.2) is 4.21 Å². The fourth-order valence-corrected chi connectivity index (χ4v) is 0. The first-order valence-corrected chi connectivity index (χ1v) is 1.50. The van der Waals surface area contributed by atoms with Crippen molar-refractivity contribution in [2.45, 2.75) is 13.8 Å². The fourth-order valence-electron chi connectivity index (χ4n) is 0. The van der Waals surface area contributed by atoms with Gasteiger partial charge in [0.2, 0.25) is 0 Å². The van der Waals surface area contributed by atoms with E-state index in [0.717, 1.165) is 0 Å². The summed E-state index contributed by atoms with van der Waals surface area (Å²) < 4.78 is 7.83. The smallest absolute Gasteiger partial charge is 0.197 e. The first-order valence-electron chi connectivity index (χ1n) is 1.17. The highest BCUT2D eigenvalue weighted by molar-refractivity contribution is 7.44. The van der Waals surface area contributed by atoms with Crippen molar-refractivity contribution in [1.82, 2.24) is 0 Å². The summed E-state index contributed by atoms with van der Waals surface area (Å²) in [4.78, 5) is 0. The third kappa shape index (κ3) is 5250. The second-order valence-corrected chi connectivity index (χ2v) is 0. The summed E-state index contributed by atoms with van der Waals surface area (Å²) in [6.45, 7) is 4.00. The molecule has 0 spiro atoms. The van der Waals surface area contributed by atoms with Gasteiger partial charge in [0, 0.05) is 0 Å². The maximum Gasteiger partial charge on any atom is 0.197 e. The van der Waals surface area contributed by atoms with Crippen molar-refractivity contribution >= 4 is 12.5 Å². The van der Waals surface area contributed by atoms with Gasteiger partial charge in [-0.15, -0.1) is 0 Å². The van der Waals surface area contributed by atoms with Crippen LogP contribution in [0.3, 0.4) is 0 Å². The van der Waals surface area contributed by atoms with Crippen LogP contribution in [0.25, 0.3) is 0 Å². The molecule has 4 heavy (non-hydrogen) atoms. The Balaban J connectivity index is 0. The molecule has 0 rings (SSSR count). The van der Waals surface area contributed by atoms with E-state index in [2.05, 4.69) is 12.5 Å². The molecule has 0 atom stereocenters. The first-order chi connectivity index (χ1) is 2.00. The zero-order valence-electron chi connectivity index (χ0n) is 2.82. The van der Waals surface area contributed by atoms with Crippen molar-refractivity contribution in [3.05, 3.63) is 0 Å². The Kier molecular flexibility index (Phi) is 69200. The lowest BCUT2D eigenvalue weighted by Crippen LogP contribution is -0.894. The average Bonchev–Trinajstić information content (AvgIpc) is 1.50. The third-order valence-electron chi connectivity index (χ3n) is 0. The molecule has 2 heteroatoms. The second kappa shape index (κ2) is 30800. The summed E-state index contributed by atoms with van der Waals surface area (Å²) in [6.07, 6.45) is 0. The van der Waals surface area contributed by atoms with Crippen LogP contribution >= 0.6 is 0 Å². The van der Waals surface area contributed by atoms with Crippen LogP contribution in [0.4, 0.5) is 0 Å². The lowest BCUT2D eigenvalue weighted by atomic mass is 11.0. The predicted octanol–water partition coefficient (Wildman–Crippen LogP) is 0.690. The summed E-state index contributed by atoms with van der Waals surface area (Å²) in [7, 11) is 0. The van der Waals surface area contributed by atoms with Crippen molar-refractivity contribution < 1.29 is 4.21 Å². The standard InChI is InChI=1S/C2H6.OS/c2*1-2/h1-2H3;. The Bertz CT molecular complexity index is 6.00. The SMILES string of the molecule is CC.O=S. The zero-order valence-corrected chi connectivity index (χ0v) is 3.63. The maximum atomic E-state index is 7.83. The fraction of sp³-hybridized carbons (Fsp3) is 1.00. The lowest BCUT2D eigenvalue weighted by molar-refractivity contribution is 0.702. The topological polar surface area (TPSA) is 17.1 Å². The molecule has 0 unspecified atom stereocenters.